The topological polar surface area (TPSA) is 95.9 Å². The summed E-state index contributed by atoms with van der Waals surface area (Å²) in [5.74, 6) is -1.01. The summed E-state index contributed by atoms with van der Waals surface area (Å²) >= 11 is 0. The molecule has 0 aliphatic carbocycles. The van der Waals surface area contributed by atoms with Crippen LogP contribution in [-0.2, 0) is 19.7 Å². The third-order valence-electron chi connectivity index (χ3n) is 3.67. The molecular weight excluding hydrogens is 284 g/mol. The van der Waals surface area contributed by atoms with E-state index in [-0.39, 0.29) is 31.8 Å². The summed E-state index contributed by atoms with van der Waals surface area (Å²) in [6, 6.07) is 0. The Hall–Kier alpha value is -0.700. The summed E-state index contributed by atoms with van der Waals surface area (Å²) < 4.78 is 33.7. The van der Waals surface area contributed by atoms with Crippen LogP contribution in [0.4, 0.5) is 0 Å². The Morgan fingerprint density at radius 3 is 2.30 bits per heavy atom. The van der Waals surface area contributed by atoms with Gasteiger partial charge in [-0.3, -0.25) is 4.79 Å². The zero-order chi connectivity index (χ0) is 15.6. The van der Waals surface area contributed by atoms with Crippen LogP contribution in [0.2, 0.25) is 0 Å². The van der Waals surface area contributed by atoms with Crippen LogP contribution in [0.5, 0.6) is 0 Å². The van der Waals surface area contributed by atoms with Gasteiger partial charge < -0.3 is 9.84 Å². The van der Waals surface area contributed by atoms with Gasteiger partial charge in [-0.15, -0.1) is 0 Å². The van der Waals surface area contributed by atoms with Gasteiger partial charge in [0, 0.05) is 19.6 Å². The molecule has 8 heteroatoms. The zero-order valence-electron chi connectivity index (χ0n) is 12.4. The Kier molecular flexibility index (Phi) is 5.54. The third kappa shape index (κ3) is 4.15. The average Bonchev–Trinajstić information content (AvgIpc) is 2.34. The zero-order valence-corrected chi connectivity index (χ0v) is 13.2. The van der Waals surface area contributed by atoms with Gasteiger partial charge in [-0.2, -0.15) is 12.7 Å². The number of morpholine rings is 1. The molecule has 1 heterocycles. The first kappa shape index (κ1) is 17.4. The Morgan fingerprint density at radius 1 is 1.40 bits per heavy atom. The van der Waals surface area contributed by atoms with E-state index in [1.54, 1.807) is 6.92 Å². The van der Waals surface area contributed by atoms with E-state index in [2.05, 4.69) is 4.72 Å². The smallest absolute Gasteiger partial charge is 0.310 e. The Balaban J connectivity index is 2.73. The van der Waals surface area contributed by atoms with Crippen molar-refractivity contribution in [3.8, 4) is 0 Å². The van der Waals surface area contributed by atoms with Crippen LogP contribution in [0.1, 0.15) is 34.1 Å². The number of ether oxygens (including phenoxy) is 1. The highest BCUT2D eigenvalue weighted by molar-refractivity contribution is 7.87. The van der Waals surface area contributed by atoms with Gasteiger partial charge in [-0.1, -0.05) is 6.92 Å². The summed E-state index contributed by atoms with van der Waals surface area (Å²) in [7, 11) is -3.69. The van der Waals surface area contributed by atoms with Crippen LogP contribution >= 0.6 is 0 Å². The number of carboxylic acid groups (broad SMARTS) is 1. The number of carbonyl (C=O) groups is 1. The number of rotatable bonds is 6. The molecule has 0 aromatic carbocycles. The fourth-order valence-corrected chi connectivity index (χ4v) is 3.52. The monoisotopic (exact) mass is 308 g/mol. The molecule has 3 atom stereocenters. The van der Waals surface area contributed by atoms with Crippen molar-refractivity contribution in [2.45, 2.75) is 46.3 Å². The molecule has 1 aliphatic rings. The Labute approximate surface area is 120 Å². The van der Waals surface area contributed by atoms with Crippen molar-refractivity contribution in [1.29, 1.82) is 0 Å². The molecule has 1 aliphatic heterocycles. The summed E-state index contributed by atoms with van der Waals surface area (Å²) in [5.41, 5.74) is -1.10. The molecule has 0 aromatic heterocycles. The maximum Gasteiger partial charge on any atom is 0.310 e. The lowest BCUT2D eigenvalue weighted by Crippen LogP contribution is -2.53. The fourth-order valence-electron chi connectivity index (χ4n) is 2.02. The van der Waals surface area contributed by atoms with Crippen LogP contribution in [0.3, 0.4) is 0 Å². The quantitative estimate of drug-likeness (QED) is 0.742. The van der Waals surface area contributed by atoms with Crippen LogP contribution in [-0.4, -0.2) is 55.6 Å². The second-order valence-electron chi connectivity index (χ2n) is 5.62. The van der Waals surface area contributed by atoms with Gasteiger partial charge in [0.05, 0.1) is 17.6 Å². The molecule has 118 valence electrons. The lowest BCUT2D eigenvalue weighted by atomic mass is 9.88. The van der Waals surface area contributed by atoms with E-state index in [1.165, 1.54) is 11.2 Å². The number of carboxylic acids is 1. The van der Waals surface area contributed by atoms with Crippen molar-refractivity contribution in [2.75, 3.05) is 19.6 Å². The largest absolute Gasteiger partial charge is 0.481 e. The number of nitrogens with one attached hydrogen (secondary N) is 1. The Bertz CT molecular complexity index is 443. The minimum atomic E-state index is -3.69. The first-order chi connectivity index (χ1) is 9.10. The maximum absolute atomic E-state index is 12.2. The lowest BCUT2D eigenvalue weighted by molar-refractivity contribution is -0.147. The Morgan fingerprint density at radius 2 is 1.90 bits per heavy atom. The summed E-state index contributed by atoms with van der Waals surface area (Å²) in [4.78, 5) is 11.2. The van der Waals surface area contributed by atoms with Crippen molar-refractivity contribution < 1.29 is 23.1 Å². The van der Waals surface area contributed by atoms with E-state index < -0.39 is 21.6 Å². The molecule has 2 N–H and O–H groups in total. The van der Waals surface area contributed by atoms with Gasteiger partial charge in [0.2, 0.25) is 0 Å². The van der Waals surface area contributed by atoms with E-state index in [0.29, 0.717) is 6.42 Å². The first-order valence-corrected chi connectivity index (χ1v) is 8.18. The van der Waals surface area contributed by atoms with Crippen LogP contribution in [0.15, 0.2) is 0 Å². The van der Waals surface area contributed by atoms with Crippen molar-refractivity contribution in [1.82, 2.24) is 9.03 Å². The van der Waals surface area contributed by atoms with Gasteiger partial charge in [0.1, 0.15) is 0 Å². The predicted molar refractivity (Wildman–Crippen MR) is 74.5 cm³/mol. The normalized spacial score (nSPS) is 28.0. The van der Waals surface area contributed by atoms with Gasteiger partial charge >= 0.3 is 5.97 Å². The van der Waals surface area contributed by atoms with Crippen LogP contribution in [0, 0.1) is 5.41 Å². The molecule has 0 spiro atoms. The maximum atomic E-state index is 12.2. The molecule has 20 heavy (non-hydrogen) atoms. The number of nitrogens with zero attached hydrogens (tertiary/aromatic N) is 1. The highest BCUT2D eigenvalue weighted by Crippen LogP contribution is 2.21. The van der Waals surface area contributed by atoms with Gasteiger partial charge in [-0.25, -0.2) is 4.72 Å². The molecule has 1 rings (SSSR count). The molecule has 7 nitrogen and oxygen atoms in total. The third-order valence-corrected chi connectivity index (χ3v) is 5.15. The van der Waals surface area contributed by atoms with Crippen LogP contribution < -0.4 is 4.72 Å². The molecule has 3 unspecified atom stereocenters. The highest BCUT2D eigenvalue weighted by atomic mass is 32.2. The molecule has 0 bridgehead atoms. The van der Waals surface area contributed by atoms with Crippen molar-refractivity contribution in [2.24, 2.45) is 5.41 Å². The predicted octanol–water partition coefficient (Wildman–Crippen LogP) is 0.431. The van der Waals surface area contributed by atoms with Gasteiger partial charge in [-0.05, 0) is 27.2 Å². The van der Waals surface area contributed by atoms with Crippen molar-refractivity contribution in [3.63, 3.8) is 0 Å². The number of aliphatic carboxylic acids is 1. The number of hydrogen-bond donors (Lipinski definition) is 2. The minimum absolute atomic E-state index is 0.124. The van der Waals surface area contributed by atoms with Gasteiger partial charge in [0.25, 0.3) is 10.2 Å². The molecular formula is C12H24N2O5S. The highest BCUT2D eigenvalue weighted by Gasteiger charge is 2.36. The molecule has 1 saturated heterocycles. The van der Waals surface area contributed by atoms with Crippen LogP contribution in [0.25, 0.3) is 0 Å². The van der Waals surface area contributed by atoms with E-state index in [4.69, 9.17) is 9.84 Å². The average molecular weight is 308 g/mol. The molecule has 0 amide bonds. The van der Waals surface area contributed by atoms with E-state index >= 15 is 0 Å². The van der Waals surface area contributed by atoms with E-state index in [0.717, 1.165) is 0 Å². The standard InChI is InChI=1S/C12H24N2O5S/c1-5-12(4,11(15)16)8-13-20(17,18)14-6-9(2)19-10(3)7-14/h9-10,13H,5-8H2,1-4H3,(H,15,16). The summed E-state index contributed by atoms with van der Waals surface area (Å²) in [6.07, 6.45) is 0.000500. The summed E-state index contributed by atoms with van der Waals surface area (Å²) in [5, 5.41) is 9.16. The minimum Gasteiger partial charge on any atom is -0.481 e. The van der Waals surface area contributed by atoms with E-state index in [1.807, 2.05) is 13.8 Å². The fraction of sp³-hybridized carbons (Fsp3) is 0.917. The lowest BCUT2D eigenvalue weighted by Gasteiger charge is -2.35. The summed E-state index contributed by atoms with van der Waals surface area (Å²) in [6.45, 7) is 7.30. The van der Waals surface area contributed by atoms with Gasteiger partial charge in [0.15, 0.2) is 0 Å². The molecule has 0 radical (unpaired) electrons. The number of hydrogen-bond acceptors (Lipinski definition) is 4. The second kappa shape index (κ2) is 6.38. The van der Waals surface area contributed by atoms with Crippen molar-refractivity contribution >= 4 is 16.2 Å². The second-order valence-corrected chi connectivity index (χ2v) is 7.38. The molecule has 1 fully saturated rings. The van der Waals surface area contributed by atoms with E-state index in [9.17, 15) is 13.2 Å². The molecule has 0 saturated carbocycles. The first-order valence-electron chi connectivity index (χ1n) is 6.74. The van der Waals surface area contributed by atoms with Crippen molar-refractivity contribution in [3.05, 3.63) is 0 Å². The molecule has 0 aromatic rings. The SMILES string of the molecule is CCC(C)(CNS(=O)(=O)N1CC(C)OC(C)C1)C(=O)O.